The number of carbonyl (C=O) groups is 1. The molecule has 2 aromatic heterocycles. The Bertz CT molecular complexity index is 567. The summed E-state index contributed by atoms with van der Waals surface area (Å²) in [7, 11) is 0. The van der Waals surface area contributed by atoms with Crippen molar-refractivity contribution in [2.24, 2.45) is 0 Å². The van der Waals surface area contributed by atoms with Crippen LogP contribution in [0.2, 0.25) is 0 Å². The van der Waals surface area contributed by atoms with Gasteiger partial charge in [-0.05, 0) is 32.2 Å². The lowest BCUT2D eigenvalue weighted by atomic mass is 10.3. The van der Waals surface area contributed by atoms with E-state index in [1.54, 1.807) is 23.3 Å². The van der Waals surface area contributed by atoms with Crippen molar-refractivity contribution in [1.29, 1.82) is 0 Å². The second-order valence-corrected chi connectivity index (χ2v) is 5.33. The summed E-state index contributed by atoms with van der Waals surface area (Å²) in [5, 5.41) is 7.18. The van der Waals surface area contributed by atoms with E-state index in [1.807, 2.05) is 32.2 Å². The minimum absolute atomic E-state index is 0.0127. The maximum absolute atomic E-state index is 11.9. The van der Waals surface area contributed by atoms with Crippen molar-refractivity contribution in [1.82, 2.24) is 14.8 Å². The topological polar surface area (TPSA) is 59.8 Å². The van der Waals surface area contributed by atoms with Gasteiger partial charge in [-0.1, -0.05) is 0 Å². The SMILES string of the molecule is CSC(C)C(=O)Nc1cn(-c2cccnc2)nc1C. The van der Waals surface area contributed by atoms with Gasteiger partial charge in [-0.15, -0.1) is 0 Å². The molecule has 0 spiro atoms. The Kier molecular flexibility index (Phi) is 4.21. The van der Waals surface area contributed by atoms with Crippen LogP contribution in [0.1, 0.15) is 12.6 Å². The lowest BCUT2D eigenvalue weighted by Gasteiger charge is -2.08. The summed E-state index contributed by atoms with van der Waals surface area (Å²) in [4.78, 5) is 15.9. The van der Waals surface area contributed by atoms with E-state index < -0.39 is 0 Å². The first-order chi connectivity index (χ1) is 9.11. The van der Waals surface area contributed by atoms with Gasteiger partial charge < -0.3 is 5.32 Å². The maximum atomic E-state index is 11.9. The second-order valence-electron chi connectivity index (χ2n) is 4.15. The summed E-state index contributed by atoms with van der Waals surface area (Å²) in [6.07, 6.45) is 7.15. The van der Waals surface area contributed by atoms with Gasteiger partial charge in [-0.2, -0.15) is 16.9 Å². The van der Waals surface area contributed by atoms with E-state index in [9.17, 15) is 4.79 Å². The van der Waals surface area contributed by atoms with Crippen molar-refractivity contribution < 1.29 is 4.79 Å². The highest BCUT2D eigenvalue weighted by Crippen LogP contribution is 2.17. The van der Waals surface area contributed by atoms with Crippen LogP contribution in [0.15, 0.2) is 30.7 Å². The number of nitrogens with zero attached hydrogens (tertiary/aromatic N) is 3. The maximum Gasteiger partial charge on any atom is 0.237 e. The van der Waals surface area contributed by atoms with E-state index in [0.29, 0.717) is 0 Å². The number of thioether (sulfide) groups is 1. The highest BCUT2D eigenvalue weighted by atomic mass is 32.2. The zero-order valence-corrected chi connectivity index (χ0v) is 11.9. The standard InChI is InChI=1S/C13H16N4OS/c1-9-12(15-13(18)10(2)19-3)8-17(16-9)11-5-4-6-14-7-11/h4-8,10H,1-3H3,(H,15,18). The molecule has 0 aliphatic rings. The summed E-state index contributed by atoms with van der Waals surface area (Å²) in [5.74, 6) is -0.0127. The Morgan fingerprint density at radius 2 is 2.32 bits per heavy atom. The summed E-state index contributed by atoms with van der Waals surface area (Å²) < 4.78 is 1.71. The highest BCUT2D eigenvalue weighted by Gasteiger charge is 2.14. The summed E-state index contributed by atoms with van der Waals surface area (Å²) >= 11 is 1.51. The van der Waals surface area contributed by atoms with Crippen LogP contribution in [0.5, 0.6) is 0 Å². The molecule has 0 fully saturated rings. The molecule has 0 radical (unpaired) electrons. The lowest BCUT2D eigenvalue weighted by Crippen LogP contribution is -2.22. The number of rotatable bonds is 4. The molecule has 0 aromatic carbocycles. The second kappa shape index (κ2) is 5.88. The summed E-state index contributed by atoms with van der Waals surface area (Å²) in [6, 6.07) is 3.76. The Labute approximate surface area is 116 Å². The zero-order chi connectivity index (χ0) is 13.8. The number of amides is 1. The smallest absolute Gasteiger partial charge is 0.237 e. The van der Waals surface area contributed by atoms with Gasteiger partial charge in [0.15, 0.2) is 0 Å². The third-order valence-electron chi connectivity index (χ3n) is 2.79. The van der Waals surface area contributed by atoms with Crippen molar-refractivity contribution >= 4 is 23.4 Å². The fourth-order valence-electron chi connectivity index (χ4n) is 1.55. The van der Waals surface area contributed by atoms with Crippen LogP contribution in [-0.2, 0) is 4.79 Å². The van der Waals surface area contributed by atoms with Gasteiger partial charge in [0.1, 0.15) is 0 Å². The molecule has 2 aromatic rings. The average molecular weight is 276 g/mol. The van der Waals surface area contributed by atoms with Crippen LogP contribution in [0.3, 0.4) is 0 Å². The molecule has 1 unspecified atom stereocenters. The zero-order valence-electron chi connectivity index (χ0n) is 11.1. The summed E-state index contributed by atoms with van der Waals surface area (Å²) in [5.41, 5.74) is 2.38. The molecule has 0 saturated heterocycles. The number of hydrogen-bond acceptors (Lipinski definition) is 4. The Morgan fingerprint density at radius 1 is 1.53 bits per heavy atom. The molecular weight excluding hydrogens is 260 g/mol. The van der Waals surface area contributed by atoms with Crippen molar-refractivity contribution in [3.63, 3.8) is 0 Å². The van der Waals surface area contributed by atoms with E-state index >= 15 is 0 Å². The quantitative estimate of drug-likeness (QED) is 0.930. The largest absolute Gasteiger partial charge is 0.322 e. The van der Waals surface area contributed by atoms with E-state index in [2.05, 4.69) is 15.4 Å². The van der Waals surface area contributed by atoms with Crippen LogP contribution in [-0.4, -0.2) is 32.2 Å². The van der Waals surface area contributed by atoms with Gasteiger partial charge in [0.25, 0.3) is 0 Å². The van der Waals surface area contributed by atoms with Crippen molar-refractivity contribution in [2.45, 2.75) is 19.1 Å². The van der Waals surface area contributed by atoms with Gasteiger partial charge in [0, 0.05) is 6.20 Å². The first-order valence-corrected chi connectivity index (χ1v) is 7.21. The molecule has 19 heavy (non-hydrogen) atoms. The molecule has 2 heterocycles. The molecule has 0 bridgehead atoms. The van der Waals surface area contributed by atoms with Gasteiger partial charge in [0.2, 0.25) is 5.91 Å². The normalized spacial score (nSPS) is 12.2. The number of aromatic nitrogens is 3. The fraction of sp³-hybridized carbons (Fsp3) is 0.308. The number of carbonyl (C=O) groups excluding carboxylic acids is 1. The molecule has 2 rings (SSSR count). The predicted octanol–water partition coefficient (Wildman–Crippen LogP) is 2.27. The van der Waals surface area contributed by atoms with Gasteiger partial charge in [0.05, 0.1) is 34.7 Å². The van der Waals surface area contributed by atoms with Crippen LogP contribution < -0.4 is 5.32 Å². The fourth-order valence-corrected chi connectivity index (χ4v) is 1.82. The van der Waals surface area contributed by atoms with Crippen LogP contribution >= 0.6 is 11.8 Å². The molecule has 5 nitrogen and oxygen atoms in total. The number of anilines is 1. The Hall–Kier alpha value is -1.82. The molecule has 0 aliphatic carbocycles. The predicted molar refractivity (Wildman–Crippen MR) is 77.7 cm³/mol. The third kappa shape index (κ3) is 3.14. The van der Waals surface area contributed by atoms with E-state index in [0.717, 1.165) is 17.1 Å². The molecule has 1 atom stereocenters. The van der Waals surface area contributed by atoms with Crippen molar-refractivity contribution in [3.05, 3.63) is 36.4 Å². The van der Waals surface area contributed by atoms with Crippen molar-refractivity contribution in [2.75, 3.05) is 11.6 Å². The molecule has 0 aliphatic heterocycles. The van der Waals surface area contributed by atoms with Crippen LogP contribution in [0, 0.1) is 6.92 Å². The van der Waals surface area contributed by atoms with E-state index in [1.165, 1.54) is 11.8 Å². The van der Waals surface area contributed by atoms with E-state index in [-0.39, 0.29) is 11.2 Å². The minimum Gasteiger partial charge on any atom is -0.322 e. The monoisotopic (exact) mass is 276 g/mol. The van der Waals surface area contributed by atoms with Gasteiger partial charge in [-0.3, -0.25) is 9.78 Å². The minimum atomic E-state index is -0.0823. The molecule has 0 saturated carbocycles. The average Bonchev–Trinajstić information content (AvgIpc) is 2.80. The third-order valence-corrected chi connectivity index (χ3v) is 3.71. The summed E-state index contributed by atoms with van der Waals surface area (Å²) in [6.45, 7) is 3.74. The van der Waals surface area contributed by atoms with Crippen molar-refractivity contribution in [3.8, 4) is 5.69 Å². The molecular formula is C13H16N4OS. The Morgan fingerprint density at radius 3 is 2.95 bits per heavy atom. The first kappa shape index (κ1) is 13.6. The number of pyridine rings is 1. The highest BCUT2D eigenvalue weighted by molar-refractivity contribution is 7.99. The lowest BCUT2D eigenvalue weighted by molar-refractivity contribution is -0.115. The number of hydrogen-bond donors (Lipinski definition) is 1. The van der Waals surface area contributed by atoms with Gasteiger partial charge >= 0.3 is 0 Å². The van der Waals surface area contributed by atoms with E-state index in [4.69, 9.17) is 0 Å². The number of nitrogens with one attached hydrogen (secondary N) is 1. The van der Waals surface area contributed by atoms with Gasteiger partial charge in [-0.25, -0.2) is 4.68 Å². The Balaban J connectivity index is 2.20. The van der Waals surface area contributed by atoms with Crippen LogP contribution in [0.25, 0.3) is 5.69 Å². The molecule has 1 amide bonds. The molecule has 6 heteroatoms. The number of aryl methyl sites for hydroxylation is 1. The molecule has 100 valence electrons. The van der Waals surface area contributed by atoms with Crippen LogP contribution in [0.4, 0.5) is 5.69 Å². The first-order valence-electron chi connectivity index (χ1n) is 5.92. The molecule has 1 N–H and O–H groups in total.